The lowest BCUT2D eigenvalue weighted by Crippen LogP contribution is -2.56. The Morgan fingerprint density at radius 1 is 1.19 bits per heavy atom. The summed E-state index contributed by atoms with van der Waals surface area (Å²) in [5.41, 5.74) is 5.74. The molecule has 0 radical (unpaired) electrons. The molecule has 1 saturated heterocycles. The third-order valence-electron chi connectivity index (χ3n) is 4.74. The smallest absolute Gasteiger partial charge is 0.191 e. The summed E-state index contributed by atoms with van der Waals surface area (Å²) in [6.45, 7) is 3.12. The van der Waals surface area contributed by atoms with Gasteiger partial charge in [-0.25, -0.2) is 4.99 Å². The maximum Gasteiger partial charge on any atom is 0.191 e. The first-order valence-corrected chi connectivity index (χ1v) is 8.99. The van der Waals surface area contributed by atoms with Crippen LogP contribution in [0.1, 0.15) is 84.0 Å². The normalized spacial score (nSPS) is 28.6. The van der Waals surface area contributed by atoms with Gasteiger partial charge in [-0.05, 0) is 19.3 Å². The summed E-state index contributed by atoms with van der Waals surface area (Å²) < 4.78 is 5.89. The summed E-state index contributed by atoms with van der Waals surface area (Å²) in [4.78, 5) is 4.56. The fourth-order valence-corrected chi connectivity index (χ4v) is 3.58. The second-order valence-corrected chi connectivity index (χ2v) is 6.71. The summed E-state index contributed by atoms with van der Waals surface area (Å²) in [6, 6.07) is 0.351. The molecule has 0 aromatic heterocycles. The SMILES string of the molecule is CCCCCCCCCCC1CC2(CCCO2)NC(N)=N1. The number of rotatable bonds is 9. The average molecular weight is 295 g/mol. The molecule has 0 bridgehead atoms. The zero-order valence-corrected chi connectivity index (χ0v) is 13.7. The Balaban J connectivity index is 1.59. The molecule has 3 N–H and O–H groups in total. The first-order valence-electron chi connectivity index (χ1n) is 8.99. The van der Waals surface area contributed by atoms with Crippen molar-refractivity contribution in [2.75, 3.05) is 6.61 Å². The summed E-state index contributed by atoms with van der Waals surface area (Å²) >= 11 is 0. The molecule has 0 amide bonds. The molecule has 4 nitrogen and oxygen atoms in total. The van der Waals surface area contributed by atoms with Gasteiger partial charge in [-0.15, -0.1) is 0 Å². The van der Waals surface area contributed by atoms with Crippen LogP contribution in [-0.4, -0.2) is 24.3 Å². The molecule has 0 aliphatic carbocycles. The molecule has 0 aromatic rings. The van der Waals surface area contributed by atoms with Crippen molar-refractivity contribution in [2.45, 2.75) is 95.7 Å². The predicted octanol–water partition coefficient (Wildman–Crippen LogP) is 3.70. The van der Waals surface area contributed by atoms with Crippen molar-refractivity contribution in [3.8, 4) is 0 Å². The summed E-state index contributed by atoms with van der Waals surface area (Å²) in [5.74, 6) is 0.577. The van der Waals surface area contributed by atoms with E-state index in [-0.39, 0.29) is 5.72 Å². The van der Waals surface area contributed by atoms with Crippen molar-refractivity contribution in [1.29, 1.82) is 0 Å². The highest BCUT2D eigenvalue weighted by molar-refractivity contribution is 5.79. The van der Waals surface area contributed by atoms with Crippen LogP contribution in [0.2, 0.25) is 0 Å². The number of nitrogens with two attached hydrogens (primary N) is 1. The molecular formula is C17H33N3O. The molecule has 21 heavy (non-hydrogen) atoms. The van der Waals surface area contributed by atoms with Gasteiger partial charge in [0.15, 0.2) is 5.96 Å². The molecule has 4 heteroatoms. The fourth-order valence-electron chi connectivity index (χ4n) is 3.58. The average Bonchev–Trinajstić information content (AvgIpc) is 2.88. The fraction of sp³-hybridized carbons (Fsp3) is 0.941. The number of aliphatic imine (C=N–C) groups is 1. The van der Waals surface area contributed by atoms with Gasteiger partial charge in [0, 0.05) is 13.0 Å². The van der Waals surface area contributed by atoms with Crippen LogP contribution >= 0.6 is 0 Å². The number of nitrogens with zero attached hydrogens (tertiary/aromatic N) is 1. The van der Waals surface area contributed by atoms with Gasteiger partial charge < -0.3 is 15.8 Å². The molecule has 2 aliphatic rings. The third-order valence-corrected chi connectivity index (χ3v) is 4.74. The summed E-state index contributed by atoms with van der Waals surface area (Å²) in [5, 5.41) is 3.26. The van der Waals surface area contributed by atoms with Crippen molar-refractivity contribution in [2.24, 2.45) is 10.7 Å². The van der Waals surface area contributed by atoms with Gasteiger partial charge in [-0.2, -0.15) is 0 Å². The Bertz CT molecular complexity index is 324. The molecule has 1 spiro atoms. The lowest BCUT2D eigenvalue weighted by Gasteiger charge is -2.36. The van der Waals surface area contributed by atoms with Crippen molar-refractivity contribution < 1.29 is 4.74 Å². The maximum absolute atomic E-state index is 5.94. The maximum atomic E-state index is 5.94. The van der Waals surface area contributed by atoms with Gasteiger partial charge in [-0.3, -0.25) is 0 Å². The predicted molar refractivity (Wildman–Crippen MR) is 88.3 cm³/mol. The van der Waals surface area contributed by atoms with Gasteiger partial charge in [0.2, 0.25) is 0 Å². The van der Waals surface area contributed by atoms with Gasteiger partial charge in [-0.1, -0.05) is 58.3 Å². The quantitative estimate of drug-likeness (QED) is 0.638. The minimum Gasteiger partial charge on any atom is -0.370 e. The Morgan fingerprint density at radius 2 is 1.90 bits per heavy atom. The van der Waals surface area contributed by atoms with E-state index in [0.717, 1.165) is 32.3 Å². The van der Waals surface area contributed by atoms with Crippen LogP contribution in [0.3, 0.4) is 0 Å². The first kappa shape index (κ1) is 16.6. The van der Waals surface area contributed by atoms with Gasteiger partial charge in [0.1, 0.15) is 5.72 Å². The number of unbranched alkanes of at least 4 members (excludes halogenated alkanes) is 7. The lowest BCUT2D eigenvalue weighted by molar-refractivity contribution is -0.0258. The molecule has 122 valence electrons. The number of nitrogens with one attached hydrogen (secondary N) is 1. The van der Waals surface area contributed by atoms with E-state index in [2.05, 4.69) is 17.2 Å². The number of hydrogen-bond donors (Lipinski definition) is 2. The highest BCUT2D eigenvalue weighted by Gasteiger charge is 2.40. The largest absolute Gasteiger partial charge is 0.370 e. The Labute approximate surface area is 129 Å². The van der Waals surface area contributed by atoms with E-state index in [0.29, 0.717) is 12.0 Å². The highest BCUT2D eigenvalue weighted by Crippen LogP contribution is 2.32. The van der Waals surface area contributed by atoms with Crippen molar-refractivity contribution in [1.82, 2.24) is 5.32 Å². The molecule has 2 heterocycles. The molecular weight excluding hydrogens is 262 g/mol. The number of ether oxygens (including phenoxy) is 1. The zero-order chi connectivity index (χ0) is 15.0. The van der Waals surface area contributed by atoms with Crippen molar-refractivity contribution in [3.05, 3.63) is 0 Å². The first-order chi connectivity index (χ1) is 10.2. The number of guanidine groups is 1. The van der Waals surface area contributed by atoms with Crippen LogP contribution in [0, 0.1) is 0 Å². The lowest BCUT2D eigenvalue weighted by atomic mass is 9.95. The summed E-state index contributed by atoms with van der Waals surface area (Å²) in [7, 11) is 0. The third kappa shape index (κ3) is 5.50. The molecule has 2 unspecified atom stereocenters. The topological polar surface area (TPSA) is 59.6 Å². The monoisotopic (exact) mass is 295 g/mol. The van der Waals surface area contributed by atoms with E-state index in [1.807, 2.05) is 0 Å². The van der Waals surface area contributed by atoms with E-state index in [1.165, 1.54) is 51.4 Å². The minimum atomic E-state index is -0.198. The second-order valence-electron chi connectivity index (χ2n) is 6.71. The minimum absolute atomic E-state index is 0.198. The second kappa shape index (κ2) is 8.62. The zero-order valence-electron chi connectivity index (χ0n) is 13.7. The van der Waals surface area contributed by atoms with E-state index in [9.17, 15) is 0 Å². The van der Waals surface area contributed by atoms with Crippen LogP contribution in [0.15, 0.2) is 4.99 Å². The van der Waals surface area contributed by atoms with Crippen LogP contribution in [0.5, 0.6) is 0 Å². The van der Waals surface area contributed by atoms with Crippen LogP contribution in [0.25, 0.3) is 0 Å². The molecule has 2 atom stereocenters. The Hall–Kier alpha value is -0.770. The molecule has 2 aliphatic heterocycles. The molecule has 0 saturated carbocycles. The van der Waals surface area contributed by atoms with Crippen LogP contribution < -0.4 is 11.1 Å². The van der Waals surface area contributed by atoms with E-state index in [4.69, 9.17) is 10.5 Å². The highest BCUT2D eigenvalue weighted by atomic mass is 16.5. The Kier molecular flexibility index (Phi) is 6.81. The van der Waals surface area contributed by atoms with Crippen molar-refractivity contribution >= 4 is 5.96 Å². The van der Waals surface area contributed by atoms with Gasteiger partial charge in [0.25, 0.3) is 0 Å². The van der Waals surface area contributed by atoms with E-state index < -0.39 is 0 Å². The molecule has 0 aromatic carbocycles. The number of hydrogen-bond acceptors (Lipinski definition) is 4. The van der Waals surface area contributed by atoms with Crippen LogP contribution in [0.4, 0.5) is 0 Å². The van der Waals surface area contributed by atoms with E-state index in [1.54, 1.807) is 0 Å². The molecule has 2 rings (SSSR count). The molecule has 1 fully saturated rings. The van der Waals surface area contributed by atoms with Gasteiger partial charge >= 0.3 is 0 Å². The summed E-state index contributed by atoms with van der Waals surface area (Å²) in [6.07, 6.45) is 15.2. The van der Waals surface area contributed by atoms with Crippen molar-refractivity contribution in [3.63, 3.8) is 0 Å². The van der Waals surface area contributed by atoms with Gasteiger partial charge in [0.05, 0.1) is 6.04 Å². The standard InChI is InChI=1S/C17H33N3O/c1-2-3-4-5-6-7-8-9-11-15-14-17(12-10-13-21-17)20-16(18)19-15/h15H,2-14H2,1H3,(H3,18,19,20). The Morgan fingerprint density at radius 3 is 2.57 bits per heavy atom. The van der Waals surface area contributed by atoms with E-state index >= 15 is 0 Å². The van der Waals surface area contributed by atoms with Crippen LogP contribution in [-0.2, 0) is 4.74 Å².